The van der Waals surface area contributed by atoms with Gasteiger partial charge in [0.25, 0.3) is 11.7 Å². The van der Waals surface area contributed by atoms with E-state index in [1.807, 2.05) is 18.2 Å². The number of amides is 1. The fourth-order valence-corrected chi connectivity index (χ4v) is 4.75. The van der Waals surface area contributed by atoms with Crippen molar-refractivity contribution in [3.8, 4) is 17.2 Å². The minimum absolute atomic E-state index is 0.0369. The number of hydrogen-bond donors (Lipinski definition) is 1. The van der Waals surface area contributed by atoms with Crippen molar-refractivity contribution in [3.63, 3.8) is 0 Å². The number of likely N-dealkylation sites (tertiary alicyclic amines) is 1. The summed E-state index contributed by atoms with van der Waals surface area (Å²) >= 11 is 0. The van der Waals surface area contributed by atoms with Crippen LogP contribution in [0, 0.1) is 0 Å². The SMILES string of the molecule is COc1ccc(/C(O)=C2\C(=O)C(=O)N(C3CCCC3)C2c2ccccc2OC)c(OC)c1. The van der Waals surface area contributed by atoms with Crippen molar-refractivity contribution in [2.75, 3.05) is 21.3 Å². The summed E-state index contributed by atoms with van der Waals surface area (Å²) in [4.78, 5) is 28.1. The fraction of sp³-hybridized carbons (Fsp3) is 0.360. The van der Waals surface area contributed by atoms with Gasteiger partial charge in [0, 0.05) is 17.7 Å². The van der Waals surface area contributed by atoms with Gasteiger partial charge in [0.15, 0.2) is 0 Å². The minimum Gasteiger partial charge on any atom is -0.507 e. The van der Waals surface area contributed by atoms with Crippen LogP contribution >= 0.6 is 0 Å². The summed E-state index contributed by atoms with van der Waals surface area (Å²) in [6.07, 6.45) is 3.65. The van der Waals surface area contributed by atoms with Gasteiger partial charge in [-0.15, -0.1) is 0 Å². The summed E-state index contributed by atoms with van der Waals surface area (Å²) in [6, 6.07) is 11.4. The van der Waals surface area contributed by atoms with Crippen LogP contribution < -0.4 is 14.2 Å². The van der Waals surface area contributed by atoms with Crippen molar-refractivity contribution < 1.29 is 28.9 Å². The van der Waals surface area contributed by atoms with E-state index in [9.17, 15) is 14.7 Å². The van der Waals surface area contributed by atoms with Crippen molar-refractivity contribution in [1.29, 1.82) is 0 Å². The zero-order chi connectivity index (χ0) is 22.8. The molecule has 2 aromatic rings. The number of nitrogens with zero attached hydrogens (tertiary/aromatic N) is 1. The lowest BCUT2D eigenvalue weighted by molar-refractivity contribution is -0.141. The molecule has 2 aliphatic rings. The Morgan fingerprint density at radius 1 is 0.938 bits per heavy atom. The molecule has 7 nitrogen and oxygen atoms in total. The van der Waals surface area contributed by atoms with Crippen LogP contribution in [0.5, 0.6) is 17.2 Å². The summed E-state index contributed by atoms with van der Waals surface area (Å²) < 4.78 is 16.2. The molecule has 0 spiro atoms. The van der Waals surface area contributed by atoms with E-state index in [0.717, 1.165) is 25.7 Å². The summed E-state index contributed by atoms with van der Waals surface area (Å²) in [5.74, 6) is -0.141. The maximum atomic E-state index is 13.3. The van der Waals surface area contributed by atoms with Crippen LogP contribution in [0.1, 0.15) is 42.9 Å². The first-order chi connectivity index (χ1) is 15.5. The molecule has 1 atom stereocenters. The molecule has 4 rings (SSSR count). The molecule has 0 aromatic heterocycles. The van der Waals surface area contributed by atoms with Crippen molar-refractivity contribution in [2.24, 2.45) is 0 Å². The number of aliphatic hydroxyl groups excluding tert-OH is 1. The number of Topliss-reactive ketones (excluding diaryl/α,β-unsaturated/α-hetero) is 1. The van der Waals surface area contributed by atoms with Gasteiger partial charge in [0.1, 0.15) is 23.0 Å². The molecular formula is C25H27NO6. The number of benzene rings is 2. The van der Waals surface area contributed by atoms with Crippen molar-refractivity contribution in [1.82, 2.24) is 4.90 Å². The smallest absolute Gasteiger partial charge is 0.295 e. The predicted octanol–water partition coefficient (Wildman–Crippen LogP) is 4.08. The van der Waals surface area contributed by atoms with Crippen LogP contribution in [-0.4, -0.2) is 49.1 Å². The molecule has 1 heterocycles. The molecule has 168 valence electrons. The molecule has 1 aliphatic heterocycles. The van der Waals surface area contributed by atoms with Crippen LogP contribution in [0.15, 0.2) is 48.0 Å². The largest absolute Gasteiger partial charge is 0.507 e. The third-order valence-corrected chi connectivity index (χ3v) is 6.30. The molecule has 0 bridgehead atoms. The van der Waals surface area contributed by atoms with E-state index in [4.69, 9.17) is 14.2 Å². The van der Waals surface area contributed by atoms with Crippen LogP contribution in [0.2, 0.25) is 0 Å². The average Bonchev–Trinajstić information content (AvgIpc) is 3.44. The number of carbonyl (C=O) groups excluding carboxylic acids is 2. The summed E-state index contributed by atoms with van der Waals surface area (Å²) in [6.45, 7) is 0. The third-order valence-electron chi connectivity index (χ3n) is 6.30. The Morgan fingerprint density at radius 3 is 2.28 bits per heavy atom. The molecule has 1 N–H and O–H groups in total. The fourth-order valence-electron chi connectivity index (χ4n) is 4.75. The Bertz CT molecular complexity index is 1070. The molecule has 32 heavy (non-hydrogen) atoms. The molecule has 7 heteroatoms. The second kappa shape index (κ2) is 8.94. The highest BCUT2D eigenvalue weighted by Gasteiger charge is 2.50. The lowest BCUT2D eigenvalue weighted by Gasteiger charge is -2.31. The standard InChI is InChI=1S/C25H27NO6/c1-30-16-12-13-18(20(14-16)32-3)23(27)21-22(17-10-6-7-11-19(17)31-2)26(25(29)24(21)28)15-8-4-5-9-15/h6-7,10-15,22,27H,4-5,8-9H2,1-3H3/b23-21+. The Morgan fingerprint density at radius 2 is 1.62 bits per heavy atom. The highest BCUT2D eigenvalue weighted by molar-refractivity contribution is 6.46. The van der Waals surface area contributed by atoms with Gasteiger partial charge in [-0.05, 0) is 31.0 Å². The number of hydrogen-bond acceptors (Lipinski definition) is 6. The van der Waals surface area contributed by atoms with Gasteiger partial charge in [0.05, 0.1) is 38.5 Å². The average molecular weight is 437 g/mol. The predicted molar refractivity (Wildman–Crippen MR) is 119 cm³/mol. The molecule has 1 amide bonds. The van der Waals surface area contributed by atoms with Crippen molar-refractivity contribution in [3.05, 3.63) is 59.2 Å². The maximum absolute atomic E-state index is 13.3. The van der Waals surface area contributed by atoms with E-state index in [2.05, 4.69) is 0 Å². The number of aliphatic hydroxyl groups is 1. The number of rotatable bonds is 6. The molecule has 0 radical (unpaired) electrons. The highest BCUT2D eigenvalue weighted by atomic mass is 16.5. The van der Waals surface area contributed by atoms with Gasteiger partial charge < -0.3 is 24.2 Å². The summed E-state index contributed by atoms with van der Waals surface area (Å²) in [5.41, 5.74) is 1.02. The Kier molecular flexibility index (Phi) is 6.08. The van der Waals surface area contributed by atoms with Gasteiger partial charge in [-0.3, -0.25) is 9.59 Å². The van der Waals surface area contributed by atoms with Gasteiger partial charge >= 0.3 is 0 Å². The third kappa shape index (κ3) is 3.57. The van der Waals surface area contributed by atoms with Crippen LogP contribution in [0.4, 0.5) is 0 Å². The first-order valence-electron chi connectivity index (χ1n) is 10.7. The van der Waals surface area contributed by atoms with Gasteiger partial charge in [0.2, 0.25) is 0 Å². The van der Waals surface area contributed by atoms with E-state index in [1.165, 1.54) is 14.2 Å². The van der Waals surface area contributed by atoms with E-state index in [1.54, 1.807) is 36.3 Å². The van der Waals surface area contributed by atoms with E-state index < -0.39 is 17.7 Å². The van der Waals surface area contributed by atoms with Crippen LogP contribution in [-0.2, 0) is 9.59 Å². The quantitative estimate of drug-likeness (QED) is 0.417. The van der Waals surface area contributed by atoms with Gasteiger partial charge in [-0.2, -0.15) is 0 Å². The first-order valence-corrected chi connectivity index (χ1v) is 10.7. The lowest BCUT2D eigenvalue weighted by atomic mass is 9.93. The normalized spacial score (nSPS) is 20.6. The monoisotopic (exact) mass is 437 g/mol. The second-order valence-electron chi connectivity index (χ2n) is 7.95. The number of para-hydroxylation sites is 1. The topological polar surface area (TPSA) is 85.3 Å². The second-order valence-corrected chi connectivity index (χ2v) is 7.95. The van der Waals surface area contributed by atoms with Gasteiger partial charge in [-0.25, -0.2) is 0 Å². The van der Waals surface area contributed by atoms with Gasteiger partial charge in [-0.1, -0.05) is 31.0 Å². The van der Waals surface area contributed by atoms with E-state index in [0.29, 0.717) is 28.4 Å². The lowest BCUT2D eigenvalue weighted by Crippen LogP contribution is -2.37. The number of methoxy groups -OCH3 is 3. The molecule has 1 saturated heterocycles. The molecular weight excluding hydrogens is 410 g/mol. The van der Waals surface area contributed by atoms with Crippen molar-refractivity contribution >= 4 is 17.4 Å². The van der Waals surface area contributed by atoms with Crippen LogP contribution in [0.3, 0.4) is 0 Å². The molecule has 1 aliphatic carbocycles. The summed E-state index contributed by atoms with van der Waals surface area (Å²) in [5, 5.41) is 11.4. The van der Waals surface area contributed by atoms with E-state index >= 15 is 0 Å². The number of carbonyl (C=O) groups is 2. The minimum atomic E-state index is -0.749. The van der Waals surface area contributed by atoms with Crippen LogP contribution in [0.25, 0.3) is 5.76 Å². The number of ether oxygens (including phenoxy) is 3. The Labute approximate surface area is 187 Å². The summed E-state index contributed by atoms with van der Waals surface area (Å²) in [7, 11) is 4.55. The van der Waals surface area contributed by atoms with Crippen molar-refractivity contribution in [2.45, 2.75) is 37.8 Å². The van der Waals surface area contributed by atoms with E-state index in [-0.39, 0.29) is 17.4 Å². The highest BCUT2D eigenvalue weighted by Crippen LogP contribution is 2.46. The number of ketones is 1. The molecule has 2 fully saturated rings. The Hall–Kier alpha value is -3.48. The maximum Gasteiger partial charge on any atom is 0.295 e. The Balaban J connectivity index is 1.94. The first kappa shape index (κ1) is 21.7. The zero-order valence-electron chi connectivity index (χ0n) is 18.5. The molecule has 1 unspecified atom stereocenters. The molecule has 2 aromatic carbocycles. The zero-order valence-corrected chi connectivity index (χ0v) is 18.5. The molecule has 1 saturated carbocycles.